The van der Waals surface area contributed by atoms with Gasteiger partial charge >= 0.3 is 6.09 Å². The Morgan fingerprint density at radius 3 is 2.81 bits per heavy atom. The molecule has 31 heavy (non-hydrogen) atoms. The van der Waals surface area contributed by atoms with Crippen molar-refractivity contribution in [2.45, 2.75) is 57.6 Å². The molecule has 168 valence electrons. The van der Waals surface area contributed by atoms with Crippen LogP contribution in [-0.2, 0) is 14.8 Å². The van der Waals surface area contributed by atoms with E-state index in [0.29, 0.717) is 30.3 Å². The van der Waals surface area contributed by atoms with Crippen LogP contribution in [0.3, 0.4) is 0 Å². The summed E-state index contributed by atoms with van der Waals surface area (Å²) in [6.07, 6.45) is 4.21. The Morgan fingerprint density at radius 2 is 2.13 bits per heavy atom. The van der Waals surface area contributed by atoms with E-state index >= 15 is 0 Å². The van der Waals surface area contributed by atoms with Crippen LogP contribution in [0.15, 0.2) is 24.4 Å². The molecule has 2 aliphatic rings. The van der Waals surface area contributed by atoms with E-state index in [1.165, 1.54) is 4.31 Å². The van der Waals surface area contributed by atoms with Crippen LogP contribution in [0.1, 0.15) is 51.1 Å². The monoisotopic (exact) mass is 448 g/mol. The molecule has 2 fully saturated rings. The van der Waals surface area contributed by atoms with Crippen molar-refractivity contribution in [2.75, 3.05) is 21.9 Å². The lowest BCUT2D eigenvalue weighted by Crippen LogP contribution is -2.33. The van der Waals surface area contributed by atoms with Crippen LogP contribution in [0.25, 0.3) is 0 Å². The summed E-state index contributed by atoms with van der Waals surface area (Å²) in [6, 6.07) is 5.47. The first-order valence-corrected chi connectivity index (χ1v) is 12.2. The van der Waals surface area contributed by atoms with E-state index in [1.807, 2.05) is 19.9 Å². The molecule has 2 aromatic rings. The number of hydrogen-bond acceptors (Lipinski definition) is 7. The summed E-state index contributed by atoms with van der Waals surface area (Å²) in [7, 11) is -3.22. The Balaban J connectivity index is 1.33. The van der Waals surface area contributed by atoms with Gasteiger partial charge in [-0.05, 0) is 51.7 Å². The van der Waals surface area contributed by atoms with Crippen molar-refractivity contribution in [2.24, 2.45) is 0 Å². The highest BCUT2D eigenvalue weighted by atomic mass is 32.2. The molecule has 0 spiro atoms. The number of amides is 1. The van der Waals surface area contributed by atoms with Crippen molar-refractivity contribution >= 4 is 33.4 Å². The molecule has 0 radical (unpaired) electrons. The van der Waals surface area contributed by atoms with Crippen molar-refractivity contribution in [3.63, 3.8) is 0 Å². The molecule has 1 amide bonds. The van der Waals surface area contributed by atoms with Gasteiger partial charge in [0.1, 0.15) is 11.9 Å². The second-order valence-electron chi connectivity index (χ2n) is 8.31. The van der Waals surface area contributed by atoms with Gasteiger partial charge < -0.3 is 15.4 Å². The van der Waals surface area contributed by atoms with Crippen LogP contribution < -0.4 is 14.9 Å². The molecule has 0 aromatic carbocycles. The molecular weight excluding hydrogens is 420 g/mol. The predicted octanol–water partition coefficient (Wildman–Crippen LogP) is 2.86. The highest BCUT2D eigenvalue weighted by molar-refractivity contribution is 7.93. The molecule has 2 atom stereocenters. The van der Waals surface area contributed by atoms with Gasteiger partial charge in [0.15, 0.2) is 5.82 Å². The van der Waals surface area contributed by atoms with E-state index in [9.17, 15) is 13.2 Å². The molecular formula is C20H28N6O4S. The number of carbonyl (C=O) groups excluding carboxylic acids is 1. The topological polar surface area (TPSA) is 129 Å². The van der Waals surface area contributed by atoms with Crippen LogP contribution >= 0.6 is 0 Å². The second-order valence-corrected chi connectivity index (χ2v) is 10.3. The third-order valence-corrected chi connectivity index (χ3v) is 7.36. The van der Waals surface area contributed by atoms with Crippen LogP contribution in [0.2, 0.25) is 0 Å². The summed E-state index contributed by atoms with van der Waals surface area (Å²) < 4.78 is 31.0. The maximum Gasteiger partial charge on any atom is 0.407 e. The number of nitrogens with zero attached hydrogens (tertiary/aromatic N) is 3. The molecule has 1 saturated carbocycles. The van der Waals surface area contributed by atoms with Gasteiger partial charge in [0, 0.05) is 30.3 Å². The average Bonchev–Trinajstić information content (AvgIpc) is 3.42. The number of sulfonamides is 1. The third kappa shape index (κ3) is 5.09. The Kier molecular flexibility index (Phi) is 6.03. The number of pyridine rings is 1. The molecule has 3 heterocycles. The second kappa shape index (κ2) is 8.74. The molecule has 10 nitrogen and oxygen atoms in total. The third-order valence-electron chi connectivity index (χ3n) is 5.49. The van der Waals surface area contributed by atoms with E-state index in [-0.39, 0.29) is 29.9 Å². The molecule has 11 heteroatoms. The summed E-state index contributed by atoms with van der Waals surface area (Å²) in [4.78, 5) is 16.1. The molecule has 1 saturated heterocycles. The Morgan fingerprint density at radius 1 is 1.29 bits per heavy atom. The van der Waals surface area contributed by atoms with Gasteiger partial charge in [-0.2, -0.15) is 5.10 Å². The molecule has 2 aromatic heterocycles. The quantitative estimate of drug-likeness (QED) is 0.619. The first-order chi connectivity index (χ1) is 14.8. The number of anilines is 3. The van der Waals surface area contributed by atoms with Gasteiger partial charge in [0.05, 0.1) is 17.6 Å². The largest absolute Gasteiger partial charge is 0.446 e. The van der Waals surface area contributed by atoms with Crippen molar-refractivity contribution < 1.29 is 17.9 Å². The normalized spacial score (nSPS) is 22.6. The van der Waals surface area contributed by atoms with Gasteiger partial charge in [0.2, 0.25) is 10.0 Å². The van der Waals surface area contributed by atoms with Crippen molar-refractivity contribution in [1.29, 1.82) is 0 Å². The standard InChI is InChI=1S/C20H28N6O4S/c1-13(2)22-20(27)30-16-6-4-14(10-16)17-11-19(25-24-17)23-18-7-5-15(12-21-18)26-8-3-9-31(26,28)29/h5,7,11-14,16H,3-4,6,8-10H2,1-2H3,(H,22,27)(H2,21,23,24,25). The maximum absolute atomic E-state index is 12.0. The fraction of sp³-hybridized carbons (Fsp3) is 0.550. The number of hydrogen-bond donors (Lipinski definition) is 3. The minimum Gasteiger partial charge on any atom is -0.446 e. The highest BCUT2D eigenvalue weighted by Gasteiger charge is 2.30. The van der Waals surface area contributed by atoms with E-state index in [4.69, 9.17) is 4.74 Å². The molecule has 4 rings (SSSR count). The van der Waals surface area contributed by atoms with Crippen molar-refractivity contribution in [3.8, 4) is 0 Å². The number of H-pyrrole nitrogens is 1. The predicted molar refractivity (Wildman–Crippen MR) is 117 cm³/mol. The number of rotatable bonds is 6. The molecule has 1 aliphatic carbocycles. The van der Waals surface area contributed by atoms with Gasteiger partial charge in [-0.15, -0.1) is 0 Å². The van der Waals surface area contributed by atoms with E-state index < -0.39 is 10.0 Å². The fourth-order valence-electron chi connectivity index (χ4n) is 4.03. The average molecular weight is 449 g/mol. The Bertz CT molecular complexity index is 1020. The summed E-state index contributed by atoms with van der Waals surface area (Å²) >= 11 is 0. The SMILES string of the molecule is CC(C)NC(=O)OC1CCC(c2cc(Nc3ccc(N4CCCS4(=O)=O)cn3)n[nH]2)C1. The van der Waals surface area contributed by atoms with Gasteiger partial charge in [-0.1, -0.05) is 0 Å². The fourth-order valence-corrected chi connectivity index (χ4v) is 5.58. The number of alkyl carbamates (subject to hydrolysis) is 1. The zero-order valence-corrected chi connectivity index (χ0v) is 18.5. The zero-order chi connectivity index (χ0) is 22.0. The first-order valence-electron chi connectivity index (χ1n) is 10.6. The number of carbonyl (C=O) groups is 1. The van der Waals surface area contributed by atoms with Crippen LogP contribution in [0.5, 0.6) is 0 Å². The zero-order valence-electron chi connectivity index (χ0n) is 17.7. The van der Waals surface area contributed by atoms with E-state index in [1.54, 1.807) is 18.3 Å². The van der Waals surface area contributed by atoms with Gasteiger partial charge in [-0.25, -0.2) is 18.2 Å². The minimum absolute atomic E-state index is 0.0494. The van der Waals surface area contributed by atoms with Gasteiger partial charge in [-0.3, -0.25) is 9.40 Å². The number of nitrogens with one attached hydrogen (secondary N) is 3. The molecule has 1 aliphatic heterocycles. The highest BCUT2D eigenvalue weighted by Crippen LogP contribution is 2.36. The lowest BCUT2D eigenvalue weighted by molar-refractivity contribution is 0.0981. The maximum atomic E-state index is 12.0. The summed E-state index contributed by atoms with van der Waals surface area (Å²) in [6.45, 7) is 4.29. The van der Waals surface area contributed by atoms with E-state index in [2.05, 4.69) is 25.8 Å². The molecule has 3 N–H and O–H groups in total. The Labute approximate surface area is 181 Å². The summed E-state index contributed by atoms with van der Waals surface area (Å²) in [5, 5.41) is 13.2. The van der Waals surface area contributed by atoms with Gasteiger partial charge in [0.25, 0.3) is 0 Å². The van der Waals surface area contributed by atoms with Crippen LogP contribution in [0, 0.1) is 0 Å². The van der Waals surface area contributed by atoms with Crippen molar-refractivity contribution in [3.05, 3.63) is 30.1 Å². The van der Waals surface area contributed by atoms with Crippen LogP contribution in [-0.4, -0.2) is 54.1 Å². The first kappa shape index (κ1) is 21.4. The smallest absolute Gasteiger partial charge is 0.407 e. The minimum atomic E-state index is -3.22. The summed E-state index contributed by atoms with van der Waals surface area (Å²) in [5.41, 5.74) is 1.56. The van der Waals surface area contributed by atoms with Crippen molar-refractivity contribution in [1.82, 2.24) is 20.5 Å². The Hall–Kier alpha value is -2.82. The number of aromatic nitrogens is 3. The number of aromatic amines is 1. The lowest BCUT2D eigenvalue weighted by Gasteiger charge is -2.16. The molecule has 2 unspecified atom stereocenters. The van der Waals surface area contributed by atoms with E-state index in [0.717, 1.165) is 25.0 Å². The summed E-state index contributed by atoms with van der Waals surface area (Å²) in [5.74, 6) is 1.64. The lowest BCUT2D eigenvalue weighted by atomic mass is 10.0. The number of ether oxygens (including phenoxy) is 1. The molecule has 0 bridgehead atoms. The van der Waals surface area contributed by atoms with Crippen LogP contribution in [0.4, 0.5) is 22.1 Å².